The summed E-state index contributed by atoms with van der Waals surface area (Å²) in [6.07, 6.45) is 2.10. The fraction of sp³-hybridized carbons (Fsp3) is 0.667. The highest BCUT2D eigenvalue weighted by atomic mass is 16.3. The van der Waals surface area contributed by atoms with Crippen LogP contribution in [0.1, 0.15) is 20.3 Å². The van der Waals surface area contributed by atoms with Crippen molar-refractivity contribution in [1.82, 2.24) is 0 Å². The Hall–Kier alpha value is -0.570. The van der Waals surface area contributed by atoms with E-state index in [9.17, 15) is 4.79 Å². The summed E-state index contributed by atoms with van der Waals surface area (Å²) in [4.78, 5) is 10.4. The molecule has 0 fully saturated rings. The molecule has 0 aliphatic carbocycles. The Morgan fingerprint density at radius 3 is 2.44 bits per heavy atom. The third-order valence-corrected chi connectivity index (χ3v) is 1.10. The van der Waals surface area contributed by atoms with Gasteiger partial charge >= 0.3 is 0 Å². The number of nitrogens with two attached hydrogens (primary N) is 1. The minimum Gasteiger partial charge on any atom is -0.380 e. The molecule has 0 bridgehead atoms. The normalized spacial score (nSPS) is 16.8. The van der Waals surface area contributed by atoms with E-state index in [4.69, 9.17) is 10.8 Å². The lowest BCUT2D eigenvalue weighted by atomic mass is 10.0. The second-order valence-corrected chi connectivity index (χ2v) is 2.12. The molecule has 1 atom stereocenters. The highest BCUT2D eigenvalue weighted by Crippen LogP contribution is 2.08. The summed E-state index contributed by atoms with van der Waals surface area (Å²) in [7, 11) is 0. The maximum atomic E-state index is 10.4. The zero-order valence-electron chi connectivity index (χ0n) is 5.72. The van der Waals surface area contributed by atoms with Crippen molar-refractivity contribution >= 4 is 5.91 Å². The number of aliphatic hydroxyl groups is 1. The van der Waals surface area contributed by atoms with Gasteiger partial charge in [0.15, 0.2) is 0 Å². The molecule has 0 heterocycles. The monoisotopic (exact) mass is 130 g/mol. The highest BCUT2D eigenvalue weighted by molar-refractivity contribution is 5.84. The average Bonchev–Trinajstić information content (AvgIpc) is 1.65. The second-order valence-electron chi connectivity index (χ2n) is 2.12. The van der Waals surface area contributed by atoms with Gasteiger partial charge in [0.2, 0.25) is 5.91 Å². The van der Waals surface area contributed by atoms with Crippen LogP contribution in [0, 0.1) is 6.42 Å². The lowest BCUT2D eigenvalue weighted by molar-refractivity contribution is -0.131. The molecule has 3 N–H and O–H groups in total. The van der Waals surface area contributed by atoms with Crippen molar-refractivity contribution in [2.24, 2.45) is 5.73 Å². The van der Waals surface area contributed by atoms with E-state index in [1.165, 1.54) is 13.3 Å². The summed E-state index contributed by atoms with van der Waals surface area (Å²) in [6.45, 7) is 3.20. The van der Waals surface area contributed by atoms with Crippen molar-refractivity contribution in [3.63, 3.8) is 0 Å². The van der Waals surface area contributed by atoms with Crippen LogP contribution in [0.2, 0.25) is 0 Å². The quantitative estimate of drug-likeness (QED) is 0.557. The maximum absolute atomic E-state index is 10.4. The molecule has 1 radical (unpaired) electrons. The summed E-state index contributed by atoms with van der Waals surface area (Å²) >= 11 is 0. The Bertz CT molecular complexity index is 110. The smallest absolute Gasteiger partial charge is 0.249 e. The van der Waals surface area contributed by atoms with Crippen molar-refractivity contribution in [3.05, 3.63) is 6.42 Å². The Labute approximate surface area is 54.9 Å². The maximum Gasteiger partial charge on any atom is 0.249 e. The highest BCUT2D eigenvalue weighted by Gasteiger charge is 2.25. The van der Waals surface area contributed by atoms with E-state index < -0.39 is 11.5 Å². The molecule has 0 saturated heterocycles. The Kier molecular flexibility index (Phi) is 2.65. The third kappa shape index (κ3) is 2.46. The van der Waals surface area contributed by atoms with E-state index in [1.807, 2.05) is 6.92 Å². The molecule has 0 aliphatic heterocycles. The summed E-state index contributed by atoms with van der Waals surface area (Å²) in [5.74, 6) is -0.704. The van der Waals surface area contributed by atoms with Crippen LogP contribution in [0.4, 0.5) is 0 Å². The molecular formula is C6H12NO2. The number of carbonyl (C=O) groups excluding carboxylic acids is 1. The fourth-order valence-corrected chi connectivity index (χ4v) is 0.498. The van der Waals surface area contributed by atoms with Crippen molar-refractivity contribution < 1.29 is 9.90 Å². The summed E-state index contributed by atoms with van der Waals surface area (Å²) < 4.78 is 0. The van der Waals surface area contributed by atoms with Crippen LogP contribution in [-0.4, -0.2) is 16.6 Å². The zero-order chi connectivity index (χ0) is 7.49. The minimum atomic E-state index is -1.44. The molecule has 0 unspecified atom stereocenters. The van der Waals surface area contributed by atoms with E-state index >= 15 is 0 Å². The third-order valence-electron chi connectivity index (χ3n) is 1.10. The molecule has 0 aliphatic rings. The van der Waals surface area contributed by atoms with Gasteiger partial charge < -0.3 is 10.8 Å². The van der Waals surface area contributed by atoms with E-state index in [2.05, 4.69) is 0 Å². The first-order valence-corrected chi connectivity index (χ1v) is 2.87. The van der Waals surface area contributed by atoms with Gasteiger partial charge in [-0.1, -0.05) is 6.92 Å². The lowest BCUT2D eigenvalue weighted by Crippen LogP contribution is -2.41. The van der Waals surface area contributed by atoms with E-state index in [-0.39, 0.29) is 0 Å². The van der Waals surface area contributed by atoms with Gasteiger partial charge in [-0.05, 0) is 13.3 Å². The molecule has 0 spiro atoms. The zero-order valence-corrected chi connectivity index (χ0v) is 5.72. The van der Waals surface area contributed by atoms with Crippen LogP contribution in [0.3, 0.4) is 0 Å². The fourth-order valence-electron chi connectivity index (χ4n) is 0.498. The number of primary amides is 1. The molecule has 1 amide bonds. The van der Waals surface area contributed by atoms with E-state index in [0.717, 1.165) is 0 Å². The first-order chi connectivity index (χ1) is 4.00. The minimum absolute atomic E-state index is 0.635. The van der Waals surface area contributed by atoms with Gasteiger partial charge in [0.1, 0.15) is 5.60 Å². The van der Waals surface area contributed by atoms with E-state index in [0.29, 0.717) is 6.42 Å². The van der Waals surface area contributed by atoms with Gasteiger partial charge in [0.25, 0.3) is 0 Å². The topological polar surface area (TPSA) is 63.3 Å². The van der Waals surface area contributed by atoms with E-state index in [1.54, 1.807) is 0 Å². The first kappa shape index (κ1) is 8.43. The van der Waals surface area contributed by atoms with Crippen LogP contribution < -0.4 is 5.73 Å². The lowest BCUT2D eigenvalue weighted by Gasteiger charge is -2.16. The van der Waals surface area contributed by atoms with Crippen molar-refractivity contribution in [1.29, 1.82) is 0 Å². The number of amides is 1. The molecule has 9 heavy (non-hydrogen) atoms. The first-order valence-electron chi connectivity index (χ1n) is 2.87. The molecule has 0 rings (SSSR count). The molecular weight excluding hydrogens is 118 g/mol. The molecule has 3 nitrogen and oxygen atoms in total. The number of hydrogen-bond donors (Lipinski definition) is 2. The van der Waals surface area contributed by atoms with Gasteiger partial charge in [-0.15, -0.1) is 0 Å². The van der Waals surface area contributed by atoms with Crippen molar-refractivity contribution in [2.75, 3.05) is 0 Å². The number of hydrogen-bond acceptors (Lipinski definition) is 2. The Morgan fingerprint density at radius 1 is 1.89 bits per heavy atom. The van der Waals surface area contributed by atoms with Crippen LogP contribution in [0.5, 0.6) is 0 Å². The number of rotatable bonds is 3. The summed E-state index contributed by atoms with van der Waals surface area (Å²) in [6, 6.07) is 0. The van der Waals surface area contributed by atoms with Crippen molar-refractivity contribution in [2.45, 2.75) is 25.9 Å². The van der Waals surface area contributed by atoms with Gasteiger partial charge in [-0.3, -0.25) is 4.79 Å². The Morgan fingerprint density at radius 2 is 2.33 bits per heavy atom. The predicted octanol–water partition coefficient (Wildman–Crippen LogP) is -0.163. The van der Waals surface area contributed by atoms with Gasteiger partial charge in [-0.25, -0.2) is 0 Å². The van der Waals surface area contributed by atoms with Gasteiger partial charge in [0.05, 0.1) is 0 Å². The molecule has 0 aromatic heterocycles. The number of carbonyl (C=O) groups is 1. The van der Waals surface area contributed by atoms with Crippen molar-refractivity contribution in [3.8, 4) is 0 Å². The van der Waals surface area contributed by atoms with Crippen LogP contribution in [0.15, 0.2) is 0 Å². The molecule has 0 saturated carbocycles. The largest absolute Gasteiger partial charge is 0.380 e. The predicted molar refractivity (Wildman–Crippen MR) is 34.4 cm³/mol. The average molecular weight is 130 g/mol. The molecule has 0 aromatic carbocycles. The standard InChI is InChI=1S/C6H12NO2/c1-3-4-6(2,9)5(7)8/h4,9H,3H2,1-2H3,(H2,7,8)/t6-/m0/s1. The summed E-state index contributed by atoms with van der Waals surface area (Å²) in [5, 5.41) is 9.06. The van der Waals surface area contributed by atoms with Crippen LogP contribution in [0.25, 0.3) is 0 Å². The molecule has 53 valence electrons. The molecule has 0 aromatic rings. The molecule has 3 heteroatoms. The van der Waals surface area contributed by atoms with Gasteiger partial charge in [0, 0.05) is 6.42 Å². The van der Waals surface area contributed by atoms with Crippen LogP contribution in [-0.2, 0) is 4.79 Å². The SMILES string of the molecule is CC[CH][C@](C)(O)C(N)=O. The van der Waals surface area contributed by atoms with Crippen LogP contribution >= 0.6 is 0 Å². The van der Waals surface area contributed by atoms with Gasteiger partial charge in [-0.2, -0.15) is 0 Å². The Balaban J connectivity index is 3.85. The summed E-state index contributed by atoms with van der Waals surface area (Å²) in [5.41, 5.74) is 3.40. The second kappa shape index (κ2) is 2.82.